The molecule has 2 rings (SSSR count). The molecule has 5 nitrogen and oxygen atoms in total. The summed E-state index contributed by atoms with van der Waals surface area (Å²) in [6.07, 6.45) is 4.29. The minimum Gasteiger partial charge on any atom is -0.394 e. The monoisotopic (exact) mass is 196 g/mol. The molecule has 0 bridgehead atoms. The van der Waals surface area contributed by atoms with Crippen LogP contribution >= 0.6 is 0 Å². The maximum Gasteiger partial charge on any atom is 0.266 e. The molecule has 1 aromatic heterocycles. The van der Waals surface area contributed by atoms with Crippen molar-refractivity contribution >= 4 is 0 Å². The van der Waals surface area contributed by atoms with Gasteiger partial charge >= 0.3 is 0 Å². The van der Waals surface area contributed by atoms with E-state index in [0.29, 0.717) is 0 Å². The van der Waals surface area contributed by atoms with Gasteiger partial charge in [0, 0.05) is 6.20 Å². The predicted molar refractivity (Wildman–Crippen MR) is 48.8 cm³/mol. The van der Waals surface area contributed by atoms with Gasteiger partial charge in [-0.1, -0.05) is 0 Å². The molecule has 0 amide bonds. The van der Waals surface area contributed by atoms with Crippen LogP contribution in [-0.2, 0) is 4.74 Å². The largest absolute Gasteiger partial charge is 0.394 e. The van der Waals surface area contributed by atoms with Crippen molar-refractivity contribution in [3.8, 4) is 0 Å². The average Bonchev–Trinajstić information content (AvgIpc) is 2.67. The third-order valence-corrected chi connectivity index (χ3v) is 2.33. The molecule has 0 saturated carbocycles. The maximum absolute atomic E-state index is 10.8. The Morgan fingerprint density at radius 1 is 1.64 bits per heavy atom. The van der Waals surface area contributed by atoms with Gasteiger partial charge in [0.2, 0.25) is 0 Å². The first-order chi connectivity index (χ1) is 6.79. The Balaban J connectivity index is 2.09. The van der Waals surface area contributed by atoms with Crippen LogP contribution in [0.4, 0.5) is 0 Å². The number of aliphatic hydroxyl groups excluding tert-OH is 1. The van der Waals surface area contributed by atoms with Crippen molar-refractivity contribution in [2.75, 3.05) is 6.61 Å². The van der Waals surface area contributed by atoms with E-state index in [-0.39, 0.29) is 24.4 Å². The molecular formula is C9H12N2O3. The van der Waals surface area contributed by atoms with Gasteiger partial charge < -0.3 is 14.8 Å². The normalized spacial score (nSPS) is 26.6. The Kier molecular flexibility index (Phi) is 2.60. The van der Waals surface area contributed by atoms with Crippen molar-refractivity contribution in [2.45, 2.75) is 25.0 Å². The van der Waals surface area contributed by atoms with Gasteiger partial charge in [0.05, 0.1) is 24.6 Å². The van der Waals surface area contributed by atoms with Crippen LogP contribution < -0.4 is 5.56 Å². The lowest BCUT2D eigenvalue weighted by atomic mass is 10.1. The van der Waals surface area contributed by atoms with E-state index in [1.165, 1.54) is 6.20 Å². The van der Waals surface area contributed by atoms with Gasteiger partial charge in [-0.05, 0) is 12.8 Å². The molecule has 1 aromatic rings. The second kappa shape index (κ2) is 3.89. The average molecular weight is 196 g/mol. The van der Waals surface area contributed by atoms with E-state index in [1.54, 1.807) is 6.20 Å². The Morgan fingerprint density at radius 3 is 3.07 bits per heavy atom. The molecule has 2 N–H and O–H groups in total. The van der Waals surface area contributed by atoms with E-state index in [0.717, 1.165) is 18.5 Å². The first kappa shape index (κ1) is 9.36. The number of hydrogen-bond donors (Lipinski definition) is 2. The van der Waals surface area contributed by atoms with Crippen LogP contribution in [0, 0.1) is 0 Å². The van der Waals surface area contributed by atoms with Gasteiger partial charge in [-0.25, -0.2) is 0 Å². The minimum atomic E-state index is -0.217. The Morgan fingerprint density at radius 2 is 2.50 bits per heavy atom. The lowest BCUT2D eigenvalue weighted by Gasteiger charge is -2.10. The van der Waals surface area contributed by atoms with Crippen LogP contribution in [0.5, 0.6) is 0 Å². The Hall–Kier alpha value is -1.20. The van der Waals surface area contributed by atoms with Crippen molar-refractivity contribution in [2.24, 2.45) is 0 Å². The number of aliphatic hydroxyl groups is 1. The van der Waals surface area contributed by atoms with Gasteiger partial charge in [0.15, 0.2) is 0 Å². The Bertz CT molecular complexity index is 343. The standard InChI is InChI=1S/C9H12N2O3/c12-5-6-1-2-8(14-6)7-3-11-9(13)4-10-7/h3-4,6,8,12H,1-2,5H2,(H,11,13)/t6-,8+/m0/s1. The molecule has 0 spiro atoms. The van der Waals surface area contributed by atoms with Gasteiger partial charge in [0.1, 0.15) is 6.10 Å². The lowest BCUT2D eigenvalue weighted by molar-refractivity contribution is 0.00906. The van der Waals surface area contributed by atoms with Crippen LogP contribution in [0.2, 0.25) is 0 Å². The number of hydrogen-bond acceptors (Lipinski definition) is 4. The van der Waals surface area contributed by atoms with Crippen molar-refractivity contribution in [1.82, 2.24) is 9.97 Å². The third-order valence-electron chi connectivity index (χ3n) is 2.33. The summed E-state index contributed by atoms with van der Waals surface area (Å²) in [5.74, 6) is 0. The summed E-state index contributed by atoms with van der Waals surface area (Å²) in [4.78, 5) is 17.3. The number of ether oxygens (including phenoxy) is 1. The lowest BCUT2D eigenvalue weighted by Crippen LogP contribution is -2.13. The topological polar surface area (TPSA) is 75.2 Å². The van der Waals surface area contributed by atoms with Crippen LogP contribution in [0.3, 0.4) is 0 Å². The van der Waals surface area contributed by atoms with Crippen LogP contribution in [-0.4, -0.2) is 27.8 Å². The number of aromatic nitrogens is 2. The highest BCUT2D eigenvalue weighted by molar-refractivity contribution is 5.01. The quantitative estimate of drug-likeness (QED) is 0.697. The van der Waals surface area contributed by atoms with Gasteiger partial charge in [-0.3, -0.25) is 9.78 Å². The summed E-state index contributed by atoms with van der Waals surface area (Å²) in [7, 11) is 0. The fourth-order valence-corrected chi connectivity index (χ4v) is 1.59. The molecule has 1 saturated heterocycles. The van der Waals surface area contributed by atoms with E-state index in [2.05, 4.69) is 9.97 Å². The van der Waals surface area contributed by atoms with Crippen molar-refractivity contribution in [3.63, 3.8) is 0 Å². The second-order valence-electron chi connectivity index (χ2n) is 3.34. The van der Waals surface area contributed by atoms with E-state index in [1.807, 2.05) is 0 Å². The number of aromatic amines is 1. The third kappa shape index (κ3) is 1.83. The van der Waals surface area contributed by atoms with E-state index >= 15 is 0 Å². The summed E-state index contributed by atoms with van der Waals surface area (Å²) in [5.41, 5.74) is 0.506. The van der Waals surface area contributed by atoms with Crippen LogP contribution in [0.1, 0.15) is 24.6 Å². The molecular weight excluding hydrogens is 184 g/mol. The highest BCUT2D eigenvalue weighted by Crippen LogP contribution is 2.30. The van der Waals surface area contributed by atoms with Crippen molar-refractivity contribution < 1.29 is 9.84 Å². The first-order valence-electron chi connectivity index (χ1n) is 4.60. The van der Waals surface area contributed by atoms with Gasteiger partial charge in [-0.15, -0.1) is 0 Å². The van der Waals surface area contributed by atoms with E-state index in [4.69, 9.17) is 9.84 Å². The van der Waals surface area contributed by atoms with Crippen molar-refractivity contribution in [3.05, 3.63) is 28.4 Å². The molecule has 0 aliphatic carbocycles. The highest BCUT2D eigenvalue weighted by Gasteiger charge is 2.26. The molecule has 14 heavy (non-hydrogen) atoms. The highest BCUT2D eigenvalue weighted by atomic mass is 16.5. The van der Waals surface area contributed by atoms with Gasteiger partial charge in [-0.2, -0.15) is 0 Å². The maximum atomic E-state index is 10.8. The zero-order valence-corrected chi connectivity index (χ0v) is 7.64. The first-order valence-corrected chi connectivity index (χ1v) is 4.60. The number of nitrogens with one attached hydrogen (secondary N) is 1. The summed E-state index contributed by atoms with van der Waals surface area (Å²) < 4.78 is 5.50. The SMILES string of the molecule is O=c1cnc([C@H]2CC[C@@H](CO)O2)c[nH]1. The second-order valence-corrected chi connectivity index (χ2v) is 3.34. The molecule has 0 aromatic carbocycles. The molecule has 1 aliphatic heterocycles. The fraction of sp³-hybridized carbons (Fsp3) is 0.556. The van der Waals surface area contributed by atoms with Crippen LogP contribution in [0.25, 0.3) is 0 Å². The van der Waals surface area contributed by atoms with E-state index in [9.17, 15) is 4.79 Å². The molecule has 1 aliphatic rings. The zero-order chi connectivity index (χ0) is 9.97. The Labute approximate surface area is 80.8 Å². The van der Waals surface area contributed by atoms with Crippen LogP contribution in [0.15, 0.2) is 17.2 Å². The summed E-state index contributed by atoms with van der Waals surface area (Å²) in [6.45, 7) is 0.0415. The van der Waals surface area contributed by atoms with E-state index < -0.39 is 0 Å². The smallest absolute Gasteiger partial charge is 0.266 e. The minimum absolute atomic E-state index is 0.0415. The molecule has 5 heteroatoms. The molecule has 76 valence electrons. The predicted octanol–water partition coefficient (Wildman–Crippen LogP) is -0.0177. The summed E-state index contributed by atoms with van der Waals surface area (Å²) in [5, 5.41) is 8.87. The number of rotatable bonds is 2. The number of nitrogens with zero attached hydrogens (tertiary/aromatic N) is 1. The van der Waals surface area contributed by atoms with Crippen molar-refractivity contribution in [1.29, 1.82) is 0 Å². The summed E-state index contributed by atoms with van der Waals surface area (Å²) >= 11 is 0. The van der Waals surface area contributed by atoms with Gasteiger partial charge in [0.25, 0.3) is 5.56 Å². The molecule has 0 radical (unpaired) electrons. The summed E-state index contributed by atoms with van der Waals surface area (Å²) in [6, 6.07) is 0. The fourth-order valence-electron chi connectivity index (χ4n) is 1.59. The number of H-pyrrole nitrogens is 1. The molecule has 2 atom stereocenters. The molecule has 0 unspecified atom stereocenters. The molecule has 2 heterocycles. The molecule has 1 fully saturated rings. The zero-order valence-electron chi connectivity index (χ0n) is 7.64.